The predicted molar refractivity (Wildman–Crippen MR) is 76.6 cm³/mol. The minimum atomic E-state index is 0.561. The molecule has 0 saturated heterocycles. The van der Waals surface area contributed by atoms with Crippen LogP contribution in [0.25, 0.3) is 5.69 Å². The number of hydrogen-bond donors (Lipinski definition) is 0. The summed E-state index contributed by atoms with van der Waals surface area (Å²) < 4.78 is 2.13. The number of benzene rings is 1. The third kappa shape index (κ3) is 2.43. The SMILES string of the molecule is CCc1nnc(SC)n1-c1ccc(C(C)C)cc1. The van der Waals surface area contributed by atoms with Crippen LogP contribution < -0.4 is 0 Å². The van der Waals surface area contributed by atoms with E-state index in [2.05, 4.69) is 59.8 Å². The molecule has 1 aromatic heterocycles. The lowest BCUT2D eigenvalue weighted by Crippen LogP contribution is -2.01. The number of aromatic nitrogens is 3. The van der Waals surface area contributed by atoms with Gasteiger partial charge in [0.25, 0.3) is 0 Å². The molecule has 18 heavy (non-hydrogen) atoms. The molecule has 2 rings (SSSR count). The molecule has 2 aromatic rings. The highest BCUT2D eigenvalue weighted by Crippen LogP contribution is 2.22. The van der Waals surface area contributed by atoms with Gasteiger partial charge in [-0.05, 0) is 29.9 Å². The van der Waals surface area contributed by atoms with Gasteiger partial charge in [-0.25, -0.2) is 0 Å². The third-order valence-corrected chi connectivity index (χ3v) is 3.65. The summed E-state index contributed by atoms with van der Waals surface area (Å²) in [5.74, 6) is 1.57. The fourth-order valence-corrected chi connectivity index (χ4v) is 2.44. The molecule has 0 unspecified atom stereocenters. The molecule has 3 nitrogen and oxygen atoms in total. The predicted octanol–water partition coefficient (Wildman–Crippen LogP) is 3.68. The minimum absolute atomic E-state index is 0.561. The molecule has 0 N–H and O–H groups in total. The quantitative estimate of drug-likeness (QED) is 0.787. The maximum absolute atomic E-state index is 4.23. The number of thioether (sulfide) groups is 1. The minimum Gasteiger partial charge on any atom is -0.274 e. The molecule has 0 aliphatic heterocycles. The highest BCUT2D eigenvalue weighted by atomic mass is 32.2. The number of aryl methyl sites for hydroxylation is 1. The first-order chi connectivity index (χ1) is 8.67. The van der Waals surface area contributed by atoms with Crippen molar-refractivity contribution >= 4 is 11.8 Å². The van der Waals surface area contributed by atoms with Gasteiger partial charge in [-0.15, -0.1) is 10.2 Å². The molecule has 4 heteroatoms. The fraction of sp³-hybridized carbons (Fsp3) is 0.429. The Bertz CT molecular complexity index is 493. The van der Waals surface area contributed by atoms with Crippen molar-refractivity contribution in [2.24, 2.45) is 0 Å². The van der Waals surface area contributed by atoms with Crippen molar-refractivity contribution in [2.45, 2.75) is 38.3 Å². The summed E-state index contributed by atoms with van der Waals surface area (Å²) in [5.41, 5.74) is 2.50. The Morgan fingerprint density at radius 1 is 1.17 bits per heavy atom. The first kappa shape index (κ1) is 13.1. The van der Waals surface area contributed by atoms with Gasteiger partial charge in [-0.2, -0.15) is 0 Å². The summed E-state index contributed by atoms with van der Waals surface area (Å²) >= 11 is 1.63. The van der Waals surface area contributed by atoms with Crippen LogP contribution >= 0.6 is 11.8 Å². The Morgan fingerprint density at radius 3 is 2.33 bits per heavy atom. The largest absolute Gasteiger partial charge is 0.274 e. The van der Waals surface area contributed by atoms with Crippen molar-refractivity contribution in [3.8, 4) is 5.69 Å². The van der Waals surface area contributed by atoms with E-state index in [1.807, 2.05) is 6.26 Å². The van der Waals surface area contributed by atoms with E-state index in [9.17, 15) is 0 Å². The van der Waals surface area contributed by atoms with Gasteiger partial charge in [-0.3, -0.25) is 4.57 Å². The second kappa shape index (κ2) is 5.57. The lowest BCUT2D eigenvalue weighted by Gasteiger charge is -2.10. The van der Waals surface area contributed by atoms with Gasteiger partial charge in [0.2, 0.25) is 0 Å². The number of nitrogens with zero attached hydrogens (tertiary/aromatic N) is 3. The van der Waals surface area contributed by atoms with Crippen molar-refractivity contribution in [1.29, 1.82) is 0 Å². The van der Waals surface area contributed by atoms with Crippen LogP contribution in [0.5, 0.6) is 0 Å². The highest BCUT2D eigenvalue weighted by molar-refractivity contribution is 7.98. The Labute approximate surface area is 113 Å². The summed E-state index contributed by atoms with van der Waals surface area (Å²) in [4.78, 5) is 0. The second-order valence-corrected chi connectivity index (χ2v) is 5.31. The first-order valence-electron chi connectivity index (χ1n) is 6.26. The van der Waals surface area contributed by atoms with E-state index in [4.69, 9.17) is 0 Å². The maximum atomic E-state index is 4.23. The first-order valence-corrected chi connectivity index (χ1v) is 7.48. The summed E-state index contributed by atoms with van der Waals surface area (Å²) in [6.07, 6.45) is 2.92. The fourth-order valence-electron chi connectivity index (χ4n) is 1.93. The van der Waals surface area contributed by atoms with E-state index in [-0.39, 0.29) is 0 Å². The molecule has 0 bridgehead atoms. The molecule has 1 heterocycles. The molecule has 0 aliphatic rings. The Kier molecular flexibility index (Phi) is 4.07. The summed E-state index contributed by atoms with van der Waals surface area (Å²) in [5, 5.41) is 9.40. The van der Waals surface area contributed by atoms with Crippen molar-refractivity contribution in [1.82, 2.24) is 14.8 Å². The Balaban J connectivity index is 2.44. The van der Waals surface area contributed by atoms with E-state index in [1.54, 1.807) is 11.8 Å². The van der Waals surface area contributed by atoms with Gasteiger partial charge < -0.3 is 0 Å². The Morgan fingerprint density at radius 2 is 1.83 bits per heavy atom. The zero-order chi connectivity index (χ0) is 13.1. The van der Waals surface area contributed by atoms with Crippen LogP contribution in [0.15, 0.2) is 29.4 Å². The van der Waals surface area contributed by atoms with Crippen LogP contribution in [0.3, 0.4) is 0 Å². The van der Waals surface area contributed by atoms with Crippen molar-refractivity contribution in [2.75, 3.05) is 6.26 Å². The molecule has 0 amide bonds. The molecule has 96 valence electrons. The van der Waals surface area contributed by atoms with Gasteiger partial charge in [0, 0.05) is 12.1 Å². The molecule has 0 radical (unpaired) electrons. The van der Waals surface area contributed by atoms with Crippen molar-refractivity contribution < 1.29 is 0 Å². The molecule has 0 atom stereocenters. The van der Waals surface area contributed by atoms with E-state index in [1.165, 1.54) is 5.56 Å². The highest BCUT2D eigenvalue weighted by Gasteiger charge is 2.11. The average molecular weight is 261 g/mol. The molecule has 0 spiro atoms. The molecule has 0 fully saturated rings. The van der Waals surface area contributed by atoms with Gasteiger partial charge in [0.15, 0.2) is 5.16 Å². The van der Waals surface area contributed by atoms with Crippen LogP contribution in [0, 0.1) is 0 Å². The Hall–Kier alpha value is -1.29. The summed E-state index contributed by atoms with van der Waals surface area (Å²) in [6, 6.07) is 8.67. The molecule has 0 saturated carbocycles. The molecule has 0 aliphatic carbocycles. The van der Waals surface area contributed by atoms with Gasteiger partial charge >= 0.3 is 0 Å². The van der Waals surface area contributed by atoms with Crippen molar-refractivity contribution in [3.63, 3.8) is 0 Å². The smallest absolute Gasteiger partial charge is 0.195 e. The lowest BCUT2D eigenvalue weighted by molar-refractivity contribution is 0.830. The van der Waals surface area contributed by atoms with Crippen LogP contribution in [-0.2, 0) is 6.42 Å². The van der Waals surface area contributed by atoms with Gasteiger partial charge in [0.05, 0.1) is 0 Å². The maximum Gasteiger partial charge on any atom is 0.195 e. The topological polar surface area (TPSA) is 30.7 Å². The van der Waals surface area contributed by atoms with Crippen LogP contribution in [0.1, 0.15) is 38.1 Å². The van der Waals surface area contributed by atoms with Crippen molar-refractivity contribution in [3.05, 3.63) is 35.7 Å². The zero-order valence-electron chi connectivity index (χ0n) is 11.3. The zero-order valence-corrected chi connectivity index (χ0v) is 12.2. The second-order valence-electron chi connectivity index (χ2n) is 4.54. The molecule has 1 aromatic carbocycles. The number of rotatable bonds is 4. The van der Waals surface area contributed by atoms with Crippen LogP contribution in [0.2, 0.25) is 0 Å². The monoisotopic (exact) mass is 261 g/mol. The van der Waals surface area contributed by atoms with E-state index < -0.39 is 0 Å². The third-order valence-electron chi connectivity index (χ3n) is 3.02. The summed E-state index contributed by atoms with van der Waals surface area (Å²) in [7, 11) is 0. The molecular weight excluding hydrogens is 242 g/mol. The number of hydrogen-bond acceptors (Lipinski definition) is 3. The van der Waals surface area contributed by atoms with Gasteiger partial charge in [0.1, 0.15) is 5.82 Å². The van der Waals surface area contributed by atoms with Crippen LogP contribution in [-0.4, -0.2) is 21.0 Å². The van der Waals surface area contributed by atoms with E-state index in [0.717, 1.165) is 23.1 Å². The standard InChI is InChI=1S/C14H19N3S/c1-5-13-15-16-14(18-4)17(13)12-8-6-11(7-9-12)10(2)3/h6-10H,5H2,1-4H3. The molecular formula is C14H19N3S. The lowest BCUT2D eigenvalue weighted by atomic mass is 10.0. The summed E-state index contributed by atoms with van der Waals surface area (Å²) in [6.45, 7) is 6.52. The normalized spacial score (nSPS) is 11.2. The van der Waals surface area contributed by atoms with E-state index in [0.29, 0.717) is 5.92 Å². The van der Waals surface area contributed by atoms with Gasteiger partial charge in [-0.1, -0.05) is 44.7 Å². The van der Waals surface area contributed by atoms with E-state index >= 15 is 0 Å². The van der Waals surface area contributed by atoms with Crippen LogP contribution in [0.4, 0.5) is 0 Å². The average Bonchev–Trinajstić information content (AvgIpc) is 2.81.